The van der Waals surface area contributed by atoms with Crippen LogP contribution in [0.25, 0.3) is 0 Å². The van der Waals surface area contributed by atoms with Crippen molar-refractivity contribution in [3.8, 4) is 0 Å². The van der Waals surface area contributed by atoms with Gasteiger partial charge in [-0.2, -0.15) is 0 Å². The number of hydrogen-bond acceptors (Lipinski definition) is 4. The number of amides is 1. The van der Waals surface area contributed by atoms with Gasteiger partial charge in [-0.05, 0) is 44.7 Å². The van der Waals surface area contributed by atoms with Gasteiger partial charge in [-0.15, -0.1) is 0 Å². The number of carbonyl (C=O) groups is 1. The standard InChI is InChI=1S/C16H25N3O3S/c1-3-23(21,22)18-15-7-5-4-6-14(15)16(20)19-10-8-13(9-11-19)12(2)17/h4-7,12-13,18H,3,8-11,17H2,1-2H3. The van der Waals surface area contributed by atoms with Crippen LogP contribution in [0.4, 0.5) is 5.69 Å². The number of likely N-dealkylation sites (tertiary alicyclic amines) is 1. The SMILES string of the molecule is CCS(=O)(=O)Nc1ccccc1C(=O)N1CCC(C(C)N)CC1. The van der Waals surface area contributed by atoms with Crippen molar-refractivity contribution in [2.24, 2.45) is 11.7 Å². The highest BCUT2D eigenvalue weighted by Gasteiger charge is 2.27. The summed E-state index contributed by atoms with van der Waals surface area (Å²) in [6.45, 7) is 4.86. The van der Waals surface area contributed by atoms with Crippen LogP contribution in [-0.4, -0.2) is 44.1 Å². The van der Waals surface area contributed by atoms with Crippen molar-refractivity contribution in [3.05, 3.63) is 29.8 Å². The van der Waals surface area contributed by atoms with Crippen LogP contribution in [0.2, 0.25) is 0 Å². The van der Waals surface area contributed by atoms with E-state index in [4.69, 9.17) is 5.73 Å². The first-order valence-electron chi connectivity index (χ1n) is 7.98. The van der Waals surface area contributed by atoms with Gasteiger partial charge in [0.05, 0.1) is 17.0 Å². The van der Waals surface area contributed by atoms with E-state index in [1.165, 1.54) is 0 Å². The van der Waals surface area contributed by atoms with Gasteiger partial charge in [0, 0.05) is 19.1 Å². The van der Waals surface area contributed by atoms with Gasteiger partial charge in [0.2, 0.25) is 10.0 Å². The van der Waals surface area contributed by atoms with Gasteiger partial charge in [-0.3, -0.25) is 9.52 Å². The molecule has 1 fully saturated rings. The molecule has 1 unspecified atom stereocenters. The van der Waals surface area contributed by atoms with Crippen LogP contribution in [0.1, 0.15) is 37.0 Å². The van der Waals surface area contributed by atoms with Crippen LogP contribution in [0.5, 0.6) is 0 Å². The molecule has 1 aromatic carbocycles. The third-order valence-electron chi connectivity index (χ3n) is 4.37. The average molecular weight is 339 g/mol. The van der Waals surface area contributed by atoms with Crippen molar-refractivity contribution >= 4 is 21.6 Å². The summed E-state index contributed by atoms with van der Waals surface area (Å²) in [5.74, 6) is 0.269. The first kappa shape index (κ1) is 17.7. The average Bonchev–Trinajstić information content (AvgIpc) is 2.54. The molecule has 0 aromatic heterocycles. The minimum absolute atomic E-state index is 0.0324. The van der Waals surface area contributed by atoms with Gasteiger partial charge >= 0.3 is 0 Å². The molecule has 1 aliphatic rings. The zero-order valence-electron chi connectivity index (χ0n) is 13.7. The fourth-order valence-electron chi connectivity index (χ4n) is 2.80. The fourth-order valence-corrected chi connectivity index (χ4v) is 3.45. The molecule has 6 nitrogen and oxygen atoms in total. The van der Waals surface area contributed by atoms with Crippen molar-refractivity contribution in [2.45, 2.75) is 32.7 Å². The van der Waals surface area contributed by atoms with Crippen LogP contribution in [0.3, 0.4) is 0 Å². The maximum atomic E-state index is 12.7. The molecule has 1 aliphatic heterocycles. The summed E-state index contributed by atoms with van der Waals surface area (Å²) < 4.78 is 26.1. The van der Waals surface area contributed by atoms with E-state index in [2.05, 4.69) is 4.72 Å². The summed E-state index contributed by atoms with van der Waals surface area (Å²) in [6.07, 6.45) is 1.76. The van der Waals surface area contributed by atoms with Crippen LogP contribution >= 0.6 is 0 Å². The maximum absolute atomic E-state index is 12.7. The van der Waals surface area contributed by atoms with Gasteiger partial charge in [0.1, 0.15) is 0 Å². The summed E-state index contributed by atoms with van der Waals surface area (Å²) in [5, 5.41) is 0. The lowest BCUT2D eigenvalue weighted by atomic mass is 9.90. The van der Waals surface area contributed by atoms with Gasteiger partial charge < -0.3 is 10.6 Å². The van der Waals surface area contributed by atoms with Gasteiger partial charge in [-0.1, -0.05) is 12.1 Å². The second-order valence-corrected chi connectivity index (χ2v) is 8.05. The summed E-state index contributed by atoms with van der Waals surface area (Å²) in [5.41, 5.74) is 6.66. The van der Waals surface area contributed by atoms with Crippen LogP contribution in [-0.2, 0) is 10.0 Å². The third kappa shape index (κ3) is 4.45. The van der Waals surface area contributed by atoms with E-state index in [-0.39, 0.29) is 17.7 Å². The molecule has 23 heavy (non-hydrogen) atoms. The molecular formula is C16H25N3O3S. The molecule has 2 rings (SSSR count). The molecule has 0 saturated carbocycles. The summed E-state index contributed by atoms with van der Waals surface area (Å²) in [7, 11) is -3.42. The number of benzene rings is 1. The number of para-hydroxylation sites is 1. The van der Waals surface area contributed by atoms with E-state index in [1.54, 1.807) is 36.1 Å². The Hall–Kier alpha value is -1.60. The number of sulfonamides is 1. The van der Waals surface area contributed by atoms with Gasteiger partial charge in [0.15, 0.2) is 0 Å². The Bertz CT molecular complexity index is 650. The second kappa shape index (κ2) is 7.31. The Morgan fingerprint density at radius 1 is 1.35 bits per heavy atom. The number of hydrogen-bond donors (Lipinski definition) is 2. The van der Waals surface area contributed by atoms with Crippen molar-refractivity contribution in [2.75, 3.05) is 23.6 Å². The molecule has 0 spiro atoms. The Balaban J connectivity index is 2.14. The minimum Gasteiger partial charge on any atom is -0.339 e. The predicted molar refractivity (Wildman–Crippen MR) is 91.8 cm³/mol. The van der Waals surface area contributed by atoms with Gasteiger partial charge in [0.25, 0.3) is 5.91 Å². The highest BCUT2D eigenvalue weighted by Crippen LogP contribution is 2.24. The van der Waals surface area contributed by atoms with Crippen molar-refractivity contribution in [1.29, 1.82) is 0 Å². The van der Waals surface area contributed by atoms with E-state index in [0.717, 1.165) is 12.8 Å². The normalized spacial score (nSPS) is 17.8. The van der Waals surface area contributed by atoms with Crippen molar-refractivity contribution in [3.63, 3.8) is 0 Å². The topological polar surface area (TPSA) is 92.5 Å². The molecular weight excluding hydrogens is 314 g/mol. The lowest BCUT2D eigenvalue weighted by Gasteiger charge is -2.34. The van der Waals surface area contributed by atoms with E-state index >= 15 is 0 Å². The van der Waals surface area contributed by atoms with Crippen LogP contribution in [0.15, 0.2) is 24.3 Å². The molecule has 1 saturated heterocycles. The molecule has 1 heterocycles. The third-order valence-corrected chi connectivity index (χ3v) is 5.66. The molecule has 1 atom stereocenters. The molecule has 0 bridgehead atoms. The van der Waals surface area contributed by atoms with Gasteiger partial charge in [-0.25, -0.2) is 8.42 Å². The first-order valence-corrected chi connectivity index (χ1v) is 9.63. The molecule has 7 heteroatoms. The number of nitrogens with one attached hydrogen (secondary N) is 1. The molecule has 1 amide bonds. The highest BCUT2D eigenvalue weighted by molar-refractivity contribution is 7.92. The lowest BCUT2D eigenvalue weighted by Crippen LogP contribution is -2.42. The summed E-state index contributed by atoms with van der Waals surface area (Å²) in [4.78, 5) is 14.5. The Morgan fingerprint density at radius 2 is 1.96 bits per heavy atom. The second-order valence-electron chi connectivity index (χ2n) is 6.04. The zero-order chi connectivity index (χ0) is 17.0. The Labute approximate surface area is 138 Å². The predicted octanol–water partition coefficient (Wildman–Crippen LogP) is 1.65. The number of rotatable bonds is 5. The maximum Gasteiger partial charge on any atom is 0.255 e. The molecule has 0 radical (unpaired) electrons. The monoisotopic (exact) mass is 339 g/mol. The summed E-state index contributed by atoms with van der Waals surface area (Å²) in [6, 6.07) is 6.87. The minimum atomic E-state index is -3.42. The van der Waals surface area contributed by atoms with E-state index in [0.29, 0.717) is 30.3 Å². The molecule has 128 valence electrons. The fraction of sp³-hybridized carbons (Fsp3) is 0.562. The molecule has 3 N–H and O–H groups in total. The first-order chi connectivity index (χ1) is 10.8. The number of anilines is 1. The lowest BCUT2D eigenvalue weighted by molar-refractivity contribution is 0.0682. The number of nitrogens with zero attached hydrogens (tertiary/aromatic N) is 1. The molecule has 1 aromatic rings. The van der Waals surface area contributed by atoms with E-state index < -0.39 is 10.0 Å². The number of nitrogens with two attached hydrogens (primary N) is 1. The Morgan fingerprint density at radius 3 is 2.52 bits per heavy atom. The van der Waals surface area contributed by atoms with Crippen LogP contribution < -0.4 is 10.5 Å². The number of piperidine rings is 1. The Kier molecular flexibility index (Phi) is 5.64. The largest absolute Gasteiger partial charge is 0.339 e. The van der Waals surface area contributed by atoms with E-state index in [1.807, 2.05) is 6.92 Å². The van der Waals surface area contributed by atoms with Crippen LogP contribution in [0, 0.1) is 5.92 Å². The number of carbonyl (C=O) groups excluding carboxylic acids is 1. The molecule has 0 aliphatic carbocycles. The highest BCUT2D eigenvalue weighted by atomic mass is 32.2. The van der Waals surface area contributed by atoms with Crippen molar-refractivity contribution in [1.82, 2.24) is 4.90 Å². The quantitative estimate of drug-likeness (QED) is 0.853. The van der Waals surface area contributed by atoms with Crippen molar-refractivity contribution < 1.29 is 13.2 Å². The van der Waals surface area contributed by atoms with E-state index in [9.17, 15) is 13.2 Å². The smallest absolute Gasteiger partial charge is 0.255 e. The summed E-state index contributed by atoms with van der Waals surface area (Å²) >= 11 is 0. The zero-order valence-corrected chi connectivity index (χ0v) is 14.5.